The zero-order valence-electron chi connectivity index (χ0n) is 14.9. The molecule has 148 valence electrons. The molecule has 0 spiro atoms. The Bertz CT molecular complexity index is 717. The lowest BCUT2D eigenvalue weighted by Gasteiger charge is -2.23. The Hall–Kier alpha value is -2.38. The number of rotatable bonds is 9. The molecule has 27 heavy (non-hydrogen) atoms. The fourth-order valence-electron chi connectivity index (χ4n) is 2.56. The minimum absolute atomic E-state index is 0. The molecule has 1 amide bonds. The van der Waals surface area contributed by atoms with Gasteiger partial charge in [-0.2, -0.15) is 8.78 Å². The molecule has 0 saturated heterocycles. The molecule has 0 fully saturated rings. The van der Waals surface area contributed by atoms with Crippen LogP contribution >= 0.6 is 12.4 Å². The highest BCUT2D eigenvalue weighted by Crippen LogP contribution is 2.30. The van der Waals surface area contributed by atoms with Gasteiger partial charge in [-0.25, -0.2) is 0 Å². The predicted octanol–water partition coefficient (Wildman–Crippen LogP) is 3.36. The third-order valence-corrected chi connectivity index (χ3v) is 3.83. The molecule has 0 aliphatic heterocycles. The van der Waals surface area contributed by atoms with E-state index in [4.69, 9.17) is 10.5 Å². The number of hydrogen-bond donors (Lipinski definition) is 1. The molecule has 2 rings (SSSR count). The summed E-state index contributed by atoms with van der Waals surface area (Å²) < 4.78 is 34.6. The van der Waals surface area contributed by atoms with Crippen LogP contribution in [0.1, 0.15) is 15.9 Å². The van der Waals surface area contributed by atoms with Crippen molar-refractivity contribution in [2.24, 2.45) is 5.73 Å². The van der Waals surface area contributed by atoms with Gasteiger partial charge >= 0.3 is 6.61 Å². The number of benzene rings is 2. The van der Waals surface area contributed by atoms with Gasteiger partial charge in [0.05, 0.1) is 7.11 Å². The molecule has 8 heteroatoms. The minimum Gasteiger partial charge on any atom is -0.493 e. The highest BCUT2D eigenvalue weighted by molar-refractivity contribution is 5.95. The van der Waals surface area contributed by atoms with E-state index in [0.29, 0.717) is 26.1 Å². The number of alkyl halides is 2. The second kappa shape index (κ2) is 11.4. The summed E-state index contributed by atoms with van der Waals surface area (Å²) >= 11 is 0. The number of methoxy groups -OCH3 is 1. The molecule has 0 bridgehead atoms. The van der Waals surface area contributed by atoms with E-state index in [1.807, 2.05) is 30.3 Å². The molecule has 0 aliphatic carbocycles. The number of carbonyl (C=O) groups excluding carboxylic acids is 1. The predicted molar refractivity (Wildman–Crippen MR) is 102 cm³/mol. The van der Waals surface area contributed by atoms with Crippen LogP contribution in [0.2, 0.25) is 0 Å². The van der Waals surface area contributed by atoms with Crippen molar-refractivity contribution in [1.82, 2.24) is 4.90 Å². The normalized spacial score (nSPS) is 10.3. The maximum atomic E-state index is 12.8. The van der Waals surface area contributed by atoms with Crippen molar-refractivity contribution in [1.29, 1.82) is 0 Å². The van der Waals surface area contributed by atoms with Crippen molar-refractivity contribution in [3.8, 4) is 11.5 Å². The standard InChI is InChI=1S/C19H22F2N2O3.ClH/c1-25-16-8-7-15(13-17(16)26-19(20)21)18(24)23(12-10-22)11-9-14-5-3-2-4-6-14;/h2-8,13,19H,9-12,22H2,1H3;1H. The molecule has 2 aromatic rings. The highest BCUT2D eigenvalue weighted by atomic mass is 35.5. The molecule has 0 saturated carbocycles. The van der Waals surface area contributed by atoms with E-state index in [9.17, 15) is 13.6 Å². The van der Waals surface area contributed by atoms with Gasteiger partial charge in [-0.3, -0.25) is 4.79 Å². The Morgan fingerprint density at radius 3 is 2.41 bits per heavy atom. The van der Waals surface area contributed by atoms with Crippen molar-refractivity contribution in [3.05, 3.63) is 59.7 Å². The van der Waals surface area contributed by atoms with Gasteiger partial charge in [0.25, 0.3) is 5.91 Å². The van der Waals surface area contributed by atoms with E-state index in [1.165, 1.54) is 25.3 Å². The zero-order chi connectivity index (χ0) is 18.9. The summed E-state index contributed by atoms with van der Waals surface area (Å²) in [4.78, 5) is 14.4. The second-order valence-corrected chi connectivity index (χ2v) is 5.56. The topological polar surface area (TPSA) is 64.8 Å². The number of ether oxygens (including phenoxy) is 2. The Morgan fingerprint density at radius 1 is 1.11 bits per heavy atom. The van der Waals surface area contributed by atoms with E-state index in [1.54, 1.807) is 4.90 Å². The van der Waals surface area contributed by atoms with Gasteiger partial charge in [-0.05, 0) is 30.2 Å². The summed E-state index contributed by atoms with van der Waals surface area (Å²) in [5, 5.41) is 0. The lowest BCUT2D eigenvalue weighted by Crippen LogP contribution is -2.37. The number of hydrogen-bond acceptors (Lipinski definition) is 4. The quantitative estimate of drug-likeness (QED) is 0.701. The van der Waals surface area contributed by atoms with Crippen molar-refractivity contribution in [2.45, 2.75) is 13.0 Å². The van der Waals surface area contributed by atoms with E-state index in [0.717, 1.165) is 5.56 Å². The summed E-state index contributed by atoms with van der Waals surface area (Å²) in [5.41, 5.74) is 6.95. The Kier molecular flexibility index (Phi) is 9.53. The van der Waals surface area contributed by atoms with Crippen LogP contribution < -0.4 is 15.2 Å². The molecular weight excluding hydrogens is 378 g/mol. The van der Waals surface area contributed by atoms with Crippen LogP contribution in [0.25, 0.3) is 0 Å². The van der Waals surface area contributed by atoms with Gasteiger partial charge < -0.3 is 20.1 Å². The number of carbonyl (C=O) groups is 1. The van der Waals surface area contributed by atoms with Crippen LogP contribution in [-0.4, -0.2) is 44.2 Å². The van der Waals surface area contributed by atoms with Gasteiger partial charge in [0, 0.05) is 25.2 Å². The highest BCUT2D eigenvalue weighted by Gasteiger charge is 2.19. The van der Waals surface area contributed by atoms with Crippen molar-refractivity contribution in [3.63, 3.8) is 0 Å². The molecular formula is C19H23ClF2N2O3. The third kappa shape index (κ3) is 6.69. The molecule has 0 aromatic heterocycles. The van der Waals surface area contributed by atoms with Crippen LogP contribution in [0.15, 0.2) is 48.5 Å². The second-order valence-electron chi connectivity index (χ2n) is 5.56. The zero-order valence-corrected chi connectivity index (χ0v) is 15.8. The number of halogens is 3. The minimum atomic E-state index is -3.01. The fourth-order valence-corrected chi connectivity index (χ4v) is 2.56. The first kappa shape index (κ1) is 22.7. The maximum absolute atomic E-state index is 12.8. The van der Waals surface area contributed by atoms with Crippen LogP contribution in [-0.2, 0) is 6.42 Å². The summed E-state index contributed by atoms with van der Waals surface area (Å²) in [6, 6.07) is 14.0. The number of amides is 1. The lowest BCUT2D eigenvalue weighted by atomic mass is 10.1. The van der Waals surface area contributed by atoms with Gasteiger partial charge in [0.1, 0.15) is 0 Å². The largest absolute Gasteiger partial charge is 0.493 e. The average molecular weight is 401 g/mol. The maximum Gasteiger partial charge on any atom is 0.387 e. The summed E-state index contributed by atoms with van der Waals surface area (Å²) in [6.45, 7) is -1.87. The molecule has 0 atom stereocenters. The molecule has 2 N–H and O–H groups in total. The third-order valence-electron chi connectivity index (χ3n) is 3.83. The first-order valence-corrected chi connectivity index (χ1v) is 8.21. The van der Waals surface area contributed by atoms with E-state index in [-0.39, 0.29) is 35.4 Å². The van der Waals surface area contributed by atoms with Crippen LogP contribution in [0.5, 0.6) is 11.5 Å². The summed E-state index contributed by atoms with van der Waals surface area (Å²) in [7, 11) is 1.34. The van der Waals surface area contributed by atoms with E-state index < -0.39 is 6.61 Å². The number of nitrogens with zero attached hydrogens (tertiary/aromatic N) is 1. The van der Waals surface area contributed by atoms with Crippen LogP contribution in [0, 0.1) is 0 Å². The smallest absolute Gasteiger partial charge is 0.387 e. The van der Waals surface area contributed by atoms with E-state index >= 15 is 0 Å². The Morgan fingerprint density at radius 2 is 1.81 bits per heavy atom. The lowest BCUT2D eigenvalue weighted by molar-refractivity contribution is -0.0512. The van der Waals surface area contributed by atoms with Crippen LogP contribution in [0.4, 0.5) is 8.78 Å². The molecule has 2 aromatic carbocycles. The molecule has 0 heterocycles. The van der Waals surface area contributed by atoms with Crippen molar-refractivity contribution >= 4 is 18.3 Å². The van der Waals surface area contributed by atoms with Gasteiger partial charge in [-0.1, -0.05) is 30.3 Å². The molecule has 0 aliphatic rings. The molecule has 5 nitrogen and oxygen atoms in total. The number of nitrogens with two attached hydrogens (primary N) is 1. The van der Waals surface area contributed by atoms with Crippen molar-refractivity contribution in [2.75, 3.05) is 26.7 Å². The summed E-state index contributed by atoms with van der Waals surface area (Å²) in [6.07, 6.45) is 0.670. The van der Waals surface area contributed by atoms with E-state index in [2.05, 4.69) is 4.74 Å². The summed E-state index contributed by atoms with van der Waals surface area (Å²) in [5.74, 6) is -0.339. The Labute approximate surface area is 163 Å². The first-order valence-electron chi connectivity index (χ1n) is 8.21. The SMILES string of the molecule is COc1ccc(C(=O)N(CCN)CCc2ccccc2)cc1OC(F)F.Cl. The fraction of sp³-hybridized carbons (Fsp3) is 0.316. The van der Waals surface area contributed by atoms with Gasteiger partial charge in [0.15, 0.2) is 11.5 Å². The first-order chi connectivity index (χ1) is 12.5. The monoisotopic (exact) mass is 400 g/mol. The van der Waals surface area contributed by atoms with Crippen LogP contribution in [0.3, 0.4) is 0 Å². The van der Waals surface area contributed by atoms with Gasteiger partial charge in [-0.15, -0.1) is 12.4 Å². The Balaban J connectivity index is 0.00000364. The van der Waals surface area contributed by atoms with Crippen molar-refractivity contribution < 1.29 is 23.0 Å². The molecule has 0 radical (unpaired) electrons. The molecule has 0 unspecified atom stereocenters. The van der Waals surface area contributed by atoms with Gasteiger partial charge in [0.2, 0.25) is 0 Å². The average Bonchev–Trinajstić information content (AvgIpc) is 2.65.